The molecular formula is C19H26N4O3S. The fraction of sp³-hybridized carbons (Fsp3) is 0.579. The minimum Gasteiger partial charge on any atom is -0.376 e. The highest BCUT2D eigenvalue weighted by atomic mass is 32.2. The highest BCUT2D eigenvalue weighted by molar-refractivity contribution is 7.90. The zero-order chi connectivity index (χ0) is 18.9. The Balaban J connectivity index is 1.67. The van der Waals surface area contributed by atoms with Crippen LogP contribution in [-0.4, -0.2) is 42.4 Å². The van der Waals surface area contributed by atoms with Gasteiger partial charge in [0, 0.05) is 6.61 Å². The van der Waals surface area contributed by atoms with Crippen molar-refractivity contribution in [3.8, 4) is 0 Å². The first kappa shape index (κ1) is 18.6. The molecule has 2 saturated heterocycles. The van der Waals surface area contributed by atoms with E-state index in [0.29, 0.717) is 12.4 Å². The van der Waals surface area contributed by atoms with Crippen molar-refractivity contribution in [2.75, 3.05) is 13.2 Å². The Hall–Kier alpha value is -1.77. The van der Waals surface area contributed by atoms with Crippen molar-refractivity contribution >= 4 is 9.84 Å². The summed E-state index contributed by atoms with van der Waals surface area (Å²) in [5.74, 6) is 0.641. The average molecular weight is 391 g/mol. The summed E-state index contributed by atoms with van der Waals surface area (Å²) in [4.78, 5) is 0. The smallest absolute Gasteiger partial charge is 0.250 e. The molecule has 2 aliphatic rings. The molecule has 3 heterocycles. The second kappa shape index (κ2) is 7.69. The number of hydrogen-bond acceptors (Lipinski definition) is 6. The lowest BCUT2D eigenvalue weighted by Gasteiger charge is -2.17. The van der Waals surface area contributed by atoms with Gasteiger partial charge in [0.25, 0.3) is 0 Å². The van der Waals surface area contributed by atoms with Crippen molar-refractivity contribution in [1.82, 2.24) is 20.1 Å². The quantitative estimate of drug-likeness (QED) is 0.813. The van der Waals surface area contributed by atoms with Crippen molar-refractivity contribution in [2.24, 2.45) is 0 Å². The van der Waals surface area contributed by atoms with Crippen LogP contribution in [-0.2, 0) is 26.9 Å². The van der Waals surface area contributed by atoms with Gasteiger partial charge in [-0.25, -0.2) is 8.42 Å². The molecule has 1 aromatic carbocycles. The molecule has 0 radical (unpaired) electrons. The van der Waals surface area contributed by atoms with Gasteiger partial charge in [-0.1, -0.05) is 29.8 Å². The highest BCUT2D eigenvalue weighted by Gasteiger charge is 2.31. The molecule has 8 heteroatoms. The number of ether oxygens (including phenoxy) is 1. The molecule has 27 heavy (non-hydrogen) atoms. The van der Waals surface area contributed by atoms with Gasteiger partial charge in [-0.2, -0.15) is 0 Å². The first-order chi connectivity index (χ1) is 13.0. The van der Waals surface area contributed by atoms with E-state index >= 15 is 0 Å². The SMILES string of the molecule is Cc1cccc(CS(=O)(=O)c2nnc(C3CCCN3)n2CC2CCCO2)c1. The maximum absolute atomic E-state index is 13.2. The molecule has 2 aliphatic heterocycles. The molecular weight excluding hydrogens is 364 g/mol. The summed E-state index contributed by atoms with van der Waals surface area (Å²) in [6, 6.07) is 7.63. The maximum Gasteiger partial charge on any atom is 0.250 e. The first-order valence-electron chi connectivity index (χ1n) is 9.59. The van der Waals surface area contributed by atoms with Gasteiger partial charge in [-0.3, -0.25) is 4.57 Å². The lowest BCUT2D eigenvalue weighted by molar-refractivity contribution is 0.0936. The van der Waals surface area contributed by atoms with Crippen LogP contribution in [0.3, 0.4) is 0 Å². The van der Waals surface area contributed by atoms with Gasteiger partial charge in [0.1, 0.15) is 0 Å². The Morgan fingerprint density at radius 2 is 2.15 bits per heavy atom. The zero-order valence-electron chi connectivity index (χ0n) is 15.6. The van der Waals surface area contributed by atoms with Crippen molar-refractivity contribution in [3.05, 3.63) is 41.2 Å². The predicted octanol–water partition coefficient (Wildman–Crippen LogP) is 2.16. The van der Waals surface area contributed by atoms with Crippen LogP contribution < -0.4 is 5.32 Å². The van der Waals surface area contributed by atoms with Crippen molar-refractivity contribution in [3.63, 3.8) is 0 Å². The lowest BCUT2D eigenvalue weighted by atomic mass is 10.2. The Bertz CT molecular complexity index is 897. The number of nitrogens with zero attached hydrogens (tertiary/aromatic N) is 3. The van der Waals surface area contributed by atoms with Crippen LogP contribution in [0.25, 0.3) is 0 Å². The summed E-state index contributed by atoms with van der Waals surface area (Å²) in [5, 5.41) is 11.9. The number of aryl methyl sites for hydroxylation is 1. The van der Waals surface area contributed by atoms with Crippen molar-refractivity contribution in [2.45, 2.75) is 62.2 Å². The number of nitrogens with one attached hydrogen (secondary N) is 1. The molecule has 4 rings (SSSR count). The predicted molar refractivity (Wildman–Crippen MR) is 101 cm³/mol. The highest BCUT2D eigenvalue weighted by Crippen LogP contribution is 2.27. The summed E-state index contributed by atoms with van der Waals surface area (Å²) in [6.07, 6.45) is 3.97. The molecule has 2 atom stereocenters. The Morgan fingerprint density at radius 3 is 2.85 bits per heavy atom. The average Bonchev–Trinajstić information content (AvgIpc) is 3.36. The van der Waals surface area contributed by atoms with E-state index in [1.54, 1.807) is 4.57 Å². The third-order valence-electron chi connectivity index (χ3n) is 5.24. The van der Waals surface area contributed by atoms with Crippen LogP contribution in [0, 0.1) is 6.92 Å². The van der Waals surface area contributed by atoms with E-state index in [0.717, 1.165) is 50.0 Å². The Labute approximate surface area is 160 Å². The molecule has 0 bridgehead atoms. The van der Waals surface area contributed by atoms with Crippen LogP contribution >= 0.6 is 0 Å². The lowest BCUT2D eigenvalue weighted by Crippen LogP contribution is -2.25. The first-order valence-corrected chi connectivity index (χ1v) is 11.2. The fourth-order valence-electron chi connectivity index (χ4n) is 3.94. The summed E-state index contributed by atoms with van der Waals surface area (Å²) in [5.41, 5.74) is 1.81. The van der Waals surface area contributed by atoms with Crippen LogP contribution in [0.5, 0.6) is 0 Å². The van der Waals surface area contributed by atoms with Crippen LogP contribution in [0.2, 0.25) is 0 Å². The molecule has 146 valence electrons. The van der Waals surface area contributed by atoms with E-state index in [1.165, 1.54) is 0 Å². The van der Waals surface area contributed by atoms with Gasteiger partial charge in [-0.05, 0) is 44.7 Å². The van der Waals surface area contributed by atoms with Crippen LogP contribution in [0.15, 0.2) is 29.4 Å². The van der Waals surface area contributed by atoms with Gasteiger partial charge in [0.15, 0.2) is 5.82 Å². The van der Waals surface area contributed by atoms with Gasteiger partial charge < -0.3 is 10.1 Å². The molecule has 2 unspecified atom stereocenters. The number of rotatable bonds is 6. The van der Waals surface area contributed by atoms with Gasteiger partial charge in [-0.15, -0.1) is 10.2 Å². The van der Waals surface area contributed by atoms with Crippen LogP contribution in [0.4, 0.5) is 0 Å². The molecule has 0 saturated carbocycles. The van der Waals surface area contributed by atoms with E-state index in [4.69, 9.17) is 4.74 Å². The molecule has 1 N–H and O–H groups in total. The molecule has 0 amide bonds. The van der Waals surface area contributed by atoms with Crippen molar-refractivity contribution in [1.29, 1.82) is 0 Å². The number of sulfone groups is 1. The fourth-order valence-corrected chi connectivity index (χ4v) is 5.36. The summed E-state index contributed by atoms with van der Waals surface area (Å²) in [7, 11) is -3.61. The summed E-state index contributed by atoms with van der Waals surface area (Å²) >= 11 is 0. The van der Waals surface area contributed by atoms with Crippen LogP contribution in [0.1, 0.15) is 48.7 Å². The largest absolute Gasteiger partial charge is 0.376 e. The topological polar surface area (TPSA) is 86.1 Å². The minimum absolute atomic E-state index is 0.0223. The third kappa shape index (κ3) is 4.07. The summed E-state index contributed by atoms with van der Waals surface area (Å²) in [6.45, 7) is 4.10. The Morgan fingerprint density at radius 1 is 1.26 bits per heavy atom. The zero-order valence-corrected chi connectivity index (χ0v) is 16.4. The molecule has 1 aromatic heterocycles. The minimum atomic E-state index is -3.61. The Kier molecular flexibility index (Phi) is 5.29. The van der Waals surface area contributed by atoms with E-state index in [-0.39, 0.29) is 23.1 Å². The summed E-state index contributed by atoms with van der Waals surface area (Å²) < 4.78 is 33.8. The number of benzene rings is 1. The van der Waals surface area contributed by atoms with E-state index in [1.807, 2.05) is 31.2 Å². The van der Waals surface area contributed by atoms with Gasteiger partial charge in [0.2, 0.25) is 15.0 Å². The van der Waals surface area contributed by atoms with E-state index in [2.05, 4.69) is 15.5 Å². The normalized spacial score (nSPS) is 23.1. The standard InChI is InChI=1S/C19H26N4O3S/c1-14-5-2-6-15(11-14)13-27(24,25)19-22-21-18(17-8-3-9-20-17)23(19)12-16-7-4-10-26-16/h2,5-6,11,16-17,20H,3-4,7-10,12-13H2,1H3. The molecule has 0 aliphatic carbocycles. The second-order valence-electron chi connectivity index (χ2n) is 7.48. The second-order valence-corrected chi connectivity index (χ2v) is 9.37. The number of hydrogen-bond donors (Lipinski definition) is 1. The van der Waals surface area contributed by atoms with Gasteiger partial charge in [0.05, 0.1) is 24.4 Å². The van der Waals surface area contributed by atoms with Crippen molar-refractivity contribution < 1.29 is 13.2 Å². The van der Waals surface area contributed by atoms with E-state index < -0.39 is 9.84 Å². The third-order valence-corrected chi connectivity index (χ3v) is 6.82. The molecule has 2 aromatic rings. The molecule has 2 fully saturated rings. The van der Waals surface area contributed by atoms with E-state index in [9.17, 15) is 8.42 Å². The molecule has 7 nitrogen and oxygen atoms in total. The monoisotopic (exact) mass is 390 g/mol. The van der Waals surface area contributed by atoms with Gasteiger partial charge >= 0.3 is 0 Å². The maximum atomic E-state index is 13.2. The molecule has 0 spiro atoms. The number of aromatic nitrogens is 3.